The third kappa shape index (κ3) is 2.83. The molecule has 3 aromatic rings. The predicted octanol–water partition coefficient (Wildman–Crippen LogP) is 1.80. The Morgan fingerprint density at radius 3 is 3.05 bits per heavy atom. The van der Waals surface area contributed by atoms with Crippen molar-refractivity contribution in [3.05, 3.63) is 54.3 Å². The van der Waals surface area contributed by atoms with Gasteiger partial charge < -0.3 is 9.88 Å². The molecule has 0 bridgehead atoms. The number of hydrogen-bond acceptors (Lipinski definition) is 3. The molecule has 0 saturated heterocycles. The number of rotatable bonds is 5. The number of carbonyl (C=O) groups excluding carboxylic acids is 1. The lowest BCUT2D eigenvalue weighted by Crippen LogP contribution is -2.26. The monoisotopic (exact) mass is 301 g/mol. The van der Waals surface area contributed by atoms with Gasteiger partial charge in [-0.2, -0.15) is 4.39 Å². The molecule has 22 heavy (non-hydrogen) atoms. The number of carbonyl (C=O) groups is 1. The highest BCUT2D eigenvalue weighted by atomic mass is 19.1. The van der Waals surface area contributed by atoms with Gasteiger partial charge in [-0.3, -0.25) is 9.20 Å². The van der Waals surface area contributed by atoms with Crippen LogP contribution in [0.1, 0.15) is 22.5 Å². The van der Waals surface area contributed by atoms with Crippen LogP contribution in [0.25, 0.3) is 5.65 Å². The zero-order chi connectivity index (χ0) is 15.5. The van der Waals surface area contributed by atoms with Gasteiger partial charge in [-0.1, -0.05) is 0 Å². The summed E-state index contributed by atoms with van der Waals surface area (Å²) in [5, 5.41) is 2.69. The van der Waals surface area contributed by atoms with Crippen molar-refractivity contribution in [3.8, 4) is 0 Å². The van der Waals surface area contributed by atoms with Gasteiger partial charge in [0.05, 0.1) is 6.33 Å². The number of nitrogens with zero attached hydrogens (tertiary/aromatic N) is 4. The molecular weight excluding hydrogens is 285 g/mol. The number of halogens is 1. The minimum atomic E-state index is -0.637. The summed E-state index contributed by atoms with van der Waals surface area (Å²) in [7, 11) is 0. The van der Waals surface area contributed by atoms with Crippen molar-refractivity contribution in [2.24, 2.45) is 0 Å². The van der Waals surface area contributed by atoms with Crippen LogP contribution in [-0.4, -0.2) is 31.4 Å². The van der Waals surface area contributed by atoms with Gasteiger partial charge in [0.25, 0.3) is 5.91 Å². The number of imidazole rings is 2. The molecule has 114 valence electrons. The summed E-state index contributed by atoms with van der Waals surface area (Å²) >= 11 is 0. The summed E-state index contributed by atoms with van der Waals surface area (Å²) in [6.07, 6.45) is 7.57. The molecule has 6 nitrogen and oxygen atoms in total. The van der Waals surface area contributed by atoms with Gasteiger partial charge in [-0.15, -0.1) is 0 Å². The van der Waals surface area contributed by atoms with Crippen LogP contribution in [0.2, 0.25) is 0 Å². The SMILES string of the molecule is Cc1ccn2c(F)c(C(=O)NCCCn3ccnc3)nc2c1. The van der Waals surface area contributed by atoms with Gasteiger partial charge in [0.2, 0.25) is 5.95 Å². The molecule has 0 saturated carbocycles. The van der Waals surface area contributed by atoms with Gasteiger partial charge in [0, 0.05) is 31.7 Å². The first kappa shape index (κ1) is 14.2. The number of aromatic nitrogens is 4. The van der Waals surface area contributed by atoms with E-state index in [4.69, 9.17) is 0 Å². The molecule has 3 rings (SSSR count). The summed E-state index contributed by atoms with van der Waals surface area (Å²) in [4.78, 5) is 20.0. The third-order valence-corrected chi connectivity index (χ3v) is 3.38. The first-order valence-corrected chi connectivity index (χ1v) is 7.03. The Labute approximate surface area is 126 Å². The molecule has 0 unspecified atom stereocenters. The number of aryl methyl sites for hydroxylation is 2. The lowest BCUT2D eigenvalue weighted by Gasteiger charge is -2.04. The van der Waals surface area contributed by atoms with Crippen LogP contribution >= 0.6 is 0 Å². The summed E-state index contributed by atoms with van der Waals surface area (Å²) in [5.74, 6) is -1.13. The maximum absolute atomic E-state index is 14.2. The Morgan fingerprint density at radius 2 is 2.27 bits per heavy atom. The molecule has 7 heteroatoms. The van der Waals surface area contributed by atoms with Crippen molar-refractivity contribution < 1.29 is 9.18 Å². The molecule has 1 amide bonds. The van der Waals surface area contributed by atoms with Crippen molar-refractivity contribution in [1.82, 2.24) is 24.3 Å². The number of amides is 1. The molecule has 0 aromatic carbocycles. The van der Waals surface area contributed by atoms with Gasteiger partial charge >= 0.3 is 0 Å². The quantitative estimate of drug-likeness (QED) is 0.731. The van der Waals surface area contributed by atoms with Crippen LogP contribution in [0.3, 0.4) is 0 Å². The molecular formula is C15H16FN5O. The number of nitrogens with one attached hydrogen (secondary N) is 1. The molecule has 0 spiro atoms. The van der Waals surface area contributed by atoms with Crippen LogP contribution in [0.5, 0.6) is 0 Å². The zero-order valence-electron chi connectivity index (χ0n) is 12.2. The fourth-order valence-electron chi connectivity index (χ4n) is 2.23. The summed E-state index contributed by atoms with van der Waals surface area (Å²) in [6, 6.07) is 3.50. The van der Waals surface area contributed by atoms with Crippen molar-refractivity contribution in [2.45, 2.75) is 19.9 Å². The van der Waals surface area contributed by atoms with E-state index >= 15 is 0 Å². The fraction of sp³-hybridized carbons (Fsp3) is 0.267. The van der Waals surface area contributed by atoms with E-state index in [1.54, 1.807) is 30.9 Å². The highest BCUT2D eigenvalue weighted by molar-refractivity contribution is 5.93. The first-order chi connectivity index (χ1) is 10.6. The first-order valence-electron chi connectivity index (χ1n) is 7.03. The molecule has 0 fully saturated rings. The zero-order valence-corrected chi connectivity index (χ0v) is 12.2. The van der Waals surface area contributed by atoms with E-state index in [1.165, 1.54) is 4.40 Å². The fourth-order valence-corrected chi connectivity index (χ4v) is 2.23. The maximum Gasteiger partial charge on any atom is 0.274 e. The van der Waals surface area contributed by atoms with Gasteiger partial charge in [0.15, 0.2) is 5.69 Å². The minimum Gasteiger partial charge on any atom is -0.350 e. The highest BCUT2D eigenvalue weighted by Crippen LogP contribution is 2.12. The van der Waals surface area contributed by atoms with Crippen LogP contribution in [0.4, 0.5) is 4.39 Å². The molecule has 0 radical (unpaired) electrons. The maximum atomic E-state index is 14.2. The predicted molar refractivity (Wildman–Crippen MR) is 79.1 cm³/mol. The average molecular weight is 301 g/mol. The topological polar surface area (TPSA) is 64.2 Å². The average Bonchev–Trinajstić information content (AvgIpc) is 3.11. The standard InChI is InChI=1S/C15H16FN5O/c1-11-3-7-21-12(9-11)19-13(14(21)16)15(22)18-4-2-6-20-8-5-17-10-20/h3,5,7-10H,2,4,6H2,1H3,(H,18,22). The van der Waals surface area contributed by atoms with Crippen molar-refractivity contribution >= 4 is 11.6 Å². The highest BCUT2D eigenvalue weighted by Gasteiger charge is 2.18. The van der Waals surface area contributed by atoms with E-state index in [0.29, 0.717) is 12.2 Å². The van der Waals surface area contributed by atoms with E-state index in [0.717, 1.165) is 18.5 Å². The Bertz CT molecular complexity index is 794. The normalized spacial score (nSPS) is 11.0. The third-order valence-electron chi connectivity index (χ3n) is 3.38. The molecule has 3 heterocycles. The van der Waals surface area contributed by atoms with E-state index in [2.05, 4.69) is 15.3 Å². The number of hydrogen-bond donors (Lipinski definition) is 1. The Kier molecular flexibility index (Phi) is 3.86. The summed E-state index contributed by atoms with van der Waals surface area (Å²) < 4.78 is 17.4. The van der Waals surface area contributed by atoms with Crippen LogP contribution in [0, 0.1) is 12.9 Å². The lowest BCUT2D eigenvalue weighted by atomic mass is 10.3. The molecule has 0 aliphatic rings. The largest absolute Gasteiger partial charge is 0.350 e. The smallest absolute Gasteiger partial charge is 0.274 e. The molecule has 3 aromatic heterocycles. The van der Waals surface area contributed by atoms with E-state index in [1.807, 2.05) is 17.7 Å². The Balaban J connectivity index is 1.63. The molecule has 0 atom stereocenters. The van der Waals surface area contributed by atoms with Crippen LogP contribution < -0.4 is 5.32 Å². The van der Waals surface area contributed by atoms with Crippen LogP contribution in [0.15, 0.2) is 37.1 Å². The molecule has 0 aliphatic heterocycles. The van der Waals surface area contributed by atoms with Gasteiger partial charge in [-0.25, -0.2) is 9.97 Å². The summed E-state index contributed by atoms with van der Waals surface area (Å²) in [6.45, 7) is 3.08. The van der Waals surface area contributed by atoms with E-state index in [-0.39, 0.29) is 5.69 Å². The number of fused-ring (bicyclic) bond motifs is 1. The second-order valence-corrected chi connectivity index (χ2v) is 5.09. The molecule has 0 aliphatic carbocycles. The van der Waals surface area contributed by atoms with Crippen molar-refractivity contribution in [1.29, 1.82) is 0 Å². The summed E-state index contributed by atoms with van der Waals surface area (Å²) in [5.41, 5.74) is 1.22. The minimum absolute atomic E-state index is 0.173. The van der Waals surface area contributed by atoms with Gasteiger partial charge in [0.1, 0.15) is 5.65 Å². The van der Waals surface area contributed by atoms with Crippen molar-refractivity contribution in [3.63, 3.8) is 0 Å². The lowest BCUT2D eigenvalue weighted by molar-refractivity contribution is 0.0943. The second-order valence-electron chi connectivity index (χ2n) is 5.09. The van der Waals surface area contributed by atoms with Crippen LogP contribution in [-0.2, 0) is 6.54 Å². The van der Waals surface area contributed by atoms with E-state index < -0.39 is 11.9 Å². The van der Waals surface area contributed by atoms with E-state index in [9.17, 15) is 9.18 Å². The molecule has 1 N–H and O–H groups in total. The Hall–Kier alpha value is -2.70. The van der Waals surface area contributed by atoms with Crippen molar-refractivity contribution in [2.75, 3.05) is 6.54 Å². The number of pyridine rings is 1. The second kappa shape index (κ2) is 5.97. The Morgan fingerprint density at radius 1 is 1.41 bits per heavy atom. The van der Waals surface area contributed by atoms with Gasteiger partial charge in [-0.05, 0) is 31.0 Å².